The van der Waals surface area contributed by atoms with Crippen LogP contribution >= 0.6 is 0 Å². The van der Waals surface area contributed by atoms with E-state index in [1.54, 1.807) is 39.0 Å². The number of piperidine rings is 1. The Morgan fingerprint density at radius 3 is 1.89 bits per heavy atom. The van der Waals surface area contributed by atoms with Crippen LogP contribution in [0.1, 0.15) is 54.3 Å². The topological polar surface area (TPSA) is 180 Å². The van der Waals surface area contributed by atoms with Crippen molar-refractivity contribution in [2.45, 2.75) is 45.3 Å². The second-order valence-electron chi connectivity index (χ2n) is 11.1. The number of carbonyl (C=O) groups excluding carboxylic acids is 5. The Labute approximate surface area is 262 Å². The van der Waals surface area contributed by atoms with Gasteiger partial charge in [0.05, 0.1) is 77.2 Å². The first kappa shape index (κ1) is 35.8. The van der Waals surface area contributed by atoms with Crippen LogP contribution in [-0.2, 0) is 38.0 Å². The summed E-state index contributed by atoms with van der Waals surface area (Å²) in [5, 5.41) is 7.95. The first-order chi connectivity index (χ1) is 21.6. The van der Waals surface area contributed by atoms with Gasteiger partial charge < -0.3 is 39.1 Å². The molecular formula is C30H44N4O11. The maximum Gasteiger partial charge on any atom is 0.407 e. The minimum absolute atomic E-state index is 0.0729. The fourth-order valence-corrected chi connectivity index (χ4v) is 4.37. The molecule has 15 nitrogen and oxygen atoms in total. The Balaban J connectivity index is 1.12. The normalized spacial score (nSPS) is 16.5. The number of imide groups is 2. The second kappa shape index (κ2) is 18.4. The minimum atomic E-state index is -0.993. The molecule has 2 aliphatic heterocycles. The lowest BCUT2D eigenvalue weighted by atomic mass is 10.0. The summed E-state index contributed by atoms with van der Waals surface area (Å²) >= 11 is 0. The van der Waals surface area contributed by atoms with Crippen molar-refractivity contribution >= 4 is 35.4 Å². The van der Waals surface area contributed by atoms with E-state index < -0.39 is 41.4 Å². The first-order valence-corrected chi connectivity index (χ1v) is 15.0. The highest BCUT2D eigenvalue weighted by atomic mass is 16.6. The standard InChI is InChI=1S/C30H44N4O11/c1-30(2,3)45-29(39)32-9-11-41-13-15-43-17-19-44-18-16-42-14-12-40-10-8-31-21-4-5-22-23(20-21)28(38)34(27(22)37)24-6-7-25(35)33-26(24)36/h4-5,20,24,31H,6-19H2,1-3H3,(H,32,39)(H,33,35,36). The van der Waals surface area contributed by atoms with Gasteiger partial charge in [0.25, 0.3) is 11.8 Å². The van der Waals surface area contributed by atoms with Crippen molar-refractivity contribution in [1.29, 1.82) is 0 Å². The van der Waals surface area contributed by atoms with Crippen molar-refractivity contribution in [2.24, 2.45) is 0 Å². The molecule has 15 heteroatoms. The Bertz CT molecular complexity index is 1170. The summed E-state index contributed by atoms with van der Waals surface area (Å²) in [6.07, 6.45) is -0.285. The van der Waals surface area contributed by atoms with Gasteiger partial charge in [-0.1, -0.05) is 0 Å². The largest absolute Gasteiger partial charge is 0.444 e. The van der Waals surface area contributed by atoms with Crippen LogP contribution in [0.3, 0.4) is 0 Å². The van der Waals surface area contributed by atoms with Crippen molar-refractivity contribution in [1.82, 2.24) is 15.5 Å². The molecule has 1 unspecified atom stereocenters. The quantitative estimate of drug-likeness (QED) is 0.137. The van der Waals surface area contributed by atoms with Gasteiger partial charge in [0.15, 0.2) is 0 Å². The van der Waals surface area contributed by atoms with Gasteiger partial charge in [0.2, 0.25) is 11.8 Å². The van der Waals surface area contributed by atoms with Crippen LogP contribution in [0.4, 0.5) is 10.5 Å². The molecule has 2 aliphatic rings. The van der Waals surface area contributed by atoms with Crippen LogP contribution in [0.25, 0.3) is 0 Å². The van der Waals surface area contributed by atoms with E-state index in [1.165, 1.54) is 0 Å². The molecule has 1 atom stereocenters. The van der Waals surface area contributed by atoms with E-state index in [0.29, 0.717) is 84.8 Å². The third kappa shape index (κ3) is 12.4. The molecule has 2 heterocycles. The highest BCUT2D eigenvalue weighted by Crippen LogP contribution is 2.29. The lowest BCUT2D eigenvalue weighted by molar-refractivity contribution is -0.136. The van der Waals surface area contributed by atoms with Crippen molar-refractivity contribution in [3.05, 3.63) is 29.3 Å². The zero-order valence-corrected chi connectivity index (χ0v) is 26.1. The molecule has 3 N–H and O–H groups in total. The molecule has 250 valence electrons. The van der Waals surface area contributed by atoms with Crippen LogP contribution in [0.15, 0.2) is 18.2 Å². The summed E-state index contributed by atoms with van der Waals surface area (Å²) in [7, 11) is 0. The Kier molecular flexibility index (Phi) is 14.6. The van der Waals surface area contributed by atoms with E-state index in [9.17, 15) is 24.0 Å². The Morgan fingerprint density at radius 2 is 1.33 bits per heavy atom. The molecule has 0 saturated carbocycles. The van der Waals surface area contributed by atoms with E-state index in [1.807, 2.05) is 0 Å². The van der Waals surface area contributed by atoms with Gasteiger partial charge in [-0.2, -0.15) is 0 Å². The molecule has 0 aliphatic carbocycles. The average Bonchev–Trinajstić information content (AvgIpc) is 3.22. The number of nitrogens with one attached hydrogen (secondary N) is 3. The van der Waals surface area contributed by atoms with E-state index >= 15 is 0 Å². The van der Waals surface area contributed by atoms with Gasteiger partial charge in [-0.05, 0) is 45.4 Å². The maximum absolute atomic E-state index is 12.9. The fourth-order valence-electron chi connectivity index (χ4n) is 4.37. The number of ether oxygens (including phenoxy) is 6. The fraction of sp³-hybridized carbons (Fsp3) is 0.633. The first-order valence-electron chi connectivity index (χ1n) is 15.0. The van der Waals surface area contributed by atoms with Gasteiger partial charge in [-0.15, -0.1) is 0 Å². The molecule has 1 aromatic carbocycles. The van der Waals surface area contributed by atoms with Crippen LogP contribution in [0.2, 0.25) is 0 Å². The molecule has 5 amide bonds. The third-order valence-corrected chi connectivity index (χ3v) is 6.42. The van der Waals surface area contributed by atoms with Gasteiger partial charge in [-0.3, -0.25) is 29.4 Å². The van der Waals surface area contributed by atoms with Crippen molar-refractivity contribution < 1.29 is 52.4 Å². The summed E-state index contributed by atoms with van der Waals surface area (Å²) in [4.78, 5) is 61.7. The third-order valence-electron chi connectivity index (χ3n) is 6.42. The number of nitrogens with zero attached hydrogens (tertiary/aromatic N) is 1. The average molecular weight is 637 g/mol. The summed E-state index contributed by atoms with van der Waals surface area (Å²) in [6.45, 7) is 10.4. The molecule has 0 spiro atoms. The second-order valence-corrected chi connectivity index (χ2v) is 11.1. The number of fused-ring (bicyclic) bond motifs is 1. The lowest BCUT2D eigenvalue weighted by Gasteiger charge is -2.27. The van der Waals surface area contributed by atoms with Crippen molar-refractivity contribution in [3.8, 4) is 0 Å². The maximum atomic E-state index is 12.9. The smallest absolute Gasteiger partial charge is 0.407 e. The van der Waals surface area contributed by atoms with Crippen LogP contribution in [0, 0.1) is 0 Å². The highest BCUT2D eigenvalue weighted by molar-refractivity contribution is 6.23. The molecule has 3 rings (SSSR count). The number of carbonyl (C=O) groups is 5. The van der Waals surface area contributed by atoms with E-state index in [2.05, 4.69) is 16.0 Å². The van der Waals surface area contributed by atoms with Crippen molar-refractivity contribution in [3.63, 3.8) is 0 Å². The monoisotopic (exact) mass is 636 g/mol. The number of benzene rings is 1. The number of hydrogen-bond acceptors (Lipinski definition) is 12. The van der Waals surface area contributed by atoms with E-state index in [4.69, 9.17) is 28.4 Å². The van der Waals surface area contributed by atoms with Crippen LogP contribution in [0.5, 0.6) is 0 Å². The molecule has 0 bridgehead atoms. The number of hydrogen-bond donors (Lipinski definition) is 3. The SMILES string of the molecule is CC(C)(C)OC(=O)NCCOCCOCCOCCOCCOCCNc1ccc2c(c1)C(=O)N(C1CCC(=O)NC1=O)C2=O. The molecule has 1 saturated heterocycles. The van der Waals surface area contributed by atoms with Crippen LogP contribution < -0.4 is 16.0 Å². The molecule has 1 fully saturated rings. The Hall–Kier alpha value is -3.63. The van der Waals surface area contributed by atoms with E-state index in [0.717, 1.165) is 4.90 Å². The highest BCUT2D eigenvalue weighted by Gasteiger charge is 2.44. The Morgan fingerprint density at radius 1 is 0.800 bits per heavy atom. The van der Waals surface area contributed by atoms with Crippen LogP contribution in [-0.4, -0.2) is 125 Å². The van der Waals surface area contributed by atoms with Gasteiger partial charge >= 0.3 is 6.09 Å². The number of anilines is 1. The lowest BCUT2D eigenvalue weighted by Crippen LogP contribution is -2.54. The van der Waals surface area contributed by atoms with Gasteiger partial charge in [-0.25, -0.2) is 4.79 Å². The predicted octanol–water partition coefficient (Wildman–Crippen LogP) is 1.11. The van der Waals surface area contributed by atoms with Gasteiger partial charge in [0, 0.05) is 25.2 Å². The summed E-state index contributed by atoms with van der Waals surface area (Å²) < 4.78 is 32.4. The number of rotatable bonds is 20. The number of amides is 5. The summed E-state index contributed by atoms with van der Waals surface area (Å²) in [5.41, 5.74) is 0.556. The molecule has 0 aromatic heterocycles. The number of alkyl carbamates (subject to hydrolysis) is 1. The predicted molar refractivity (Wildman–Crippen MR) is 160 cm³/mol. The summed E-state index contributed by atoms with van der Waals surface area (Å²) in [6, 6.07) is 3.83. The molecule has 45 heavy (non-hydrogen) atoms. The summed E-state index contributed by atoms with van der Waals surface area (Å²) in [5.74, 6) is -2.14. The van der Waals surface area contributed by atoms with Gasteiger partial charge in [0.1, 0.15) is 11.6 Å². The van der Waals surface area contributed by atoms with E-state index in [-0.39, 0.29) is 24.0 Å². The molecule has 1 aromatic rings. The molecular weight excluding hydrogens is 592 g/mol. The van der Waals surface area contributed by atoms with Crippen molar-refractivity contribution in [2.75, 3.05) is 84.5 Å². The molecule has 0 radical (unpaired) electrons. The zero-order chi connectivity index (χ0) is 32.7. The zero-order valence-electron chi connectivity index (χ0n) is 26.1. The minimum Gasteiger partial charge on any atom is -0.444 e.